The molecule has 1 aliphatic heterocycles. The highest BCUT2D eigenvalue weighted by molar-refractivity contribution is 6.18. The Labute approximate surface area is 244 Å². The summed E-state index contributed by atoms with van der Waals surface area (Å²) in [5.41, 5.74) is 2.35. The van der Waals surface area contributed by atoms with Gasteiger partial charge in [0.2, 0.25) is 5.43 Å². The maximum Gasteiger partial charge on any atom is 0.341 e. The number of H-pyrrole nitrogens is 1. The number of carboxylic acid groups (broad SMARTS) is 1. The molecule has 3 N–H and O–H groups in total. The van der Waals surface area contributed by atoms with Crippen molar-refractivity contribution in [3.63, 3.8) is 0 Å². The number of fused-ring (bicyclic) bond motifs is 5. The third-order valence-corrected chi connectivity index (χ3v) is 9.39. The predicted molar refractivity (Wildman–Crippen MR) is 162 cm³/mol. The third kappa shape index (κ3) is 3.99. The van der Waals surface area contributed by atoms with E-state index in [2.05, 4.69) is 44.2 Å². The molecule has 12 heteroatoms. The fourth-order valence-corrected chi connectivity index (χ4v) is 7.40. The molecule has 3 atom stereocenters. The molecule has 43 heavy (non-hydrogen) atoms. The number of aromatic carboxylic acids is 1. The van der Waals surface area contributed by atoms with Crippen LogP contribution in [-0.2, 0) is 7.05 Å². The molecule has 0 spiro atoms. The van der Waals surface area contributed by atoms with Crippen LogP contribution in [0, 0.1) is 23.5 Å². The highest BCUT2D eigenvalue weighted by Crippen LogP contribution is 2.48. The van der Waals surface area contributed by atoms with Crippen LogP contribution in [0.3, 0.4) is 0 Å². The number of nitrogens with one attached hydrogen (secondary N) is 2. The van der Waals surface area contributed by atoms with Gasteiger partial charge in [0.25, 0.3) is 0 Å². The molecule has 1 unspecified atom stereocenters. The van der Waals surface area contributed by atoms with Gasteiger partial charge in [-0.3, -0.25) is 4.79 Å². The molecule has 7 rings (SSSR count). The summed E-state index contributed by atoms with van der Waals surface area (Å²) in [6.45, 7) is 1.45. The van der Waals surface area contributed by atoms with E-state index in [0.717, 1.165) is 25.5 Å². The highest BCUT2D eigenvalue weighted by Gasteiger charge is 2.44. The van der Waals surface area contributed by atoms with E-state index in [4.69, 9.17) is 0 Å². The SMILES string of the molecule is CNc1cc(F)c(F)c2c1[nH]c1ncc(-c3cnc4c(c3)c(=O)c(C(=O)O)cn4C)c(N3CC4CC[C@H](N(C)C)[C@H]4C3)c12. The Kier molecular flexibility index (Phi) is 6.17. The predicted octanol–water partition coefficient (Wildman–Crippen LogP) is 4.42. The molecule has 1 aromatic carbocycles. The number of nitrogens with zero attached hydrogens (tertiary/aromatic N) is 5. The van der Waals surface area contributed by atoms with Gasteiger partial charge in [-0.15, -0.1) is 0 Å². The monoisotopic (exact) mass is 587 g/mol. The van der Waals surface area contributed by atoms with Crippen molar-refractivity contribution in [2.24, 2.45) is 18.9 Å². The number of aryl methyl sites for hydroxylation is 1. The van der Waals surface area contributed by atoms with Crippen LogP contribution in [0.25, 0.3) is 44.1 Å². The maximum absolute atomic E-state index is 15.7. The second-order valence-corrected chi connectivity index (χ2v) is 11.9. The highest BCUT2D eigenvalue weighted by atomic mass is 19.2. The van der Waals surface area contributed by atoms with E-state index in [9.17, 15) is 19.1 Å². The van der Waals surface area contributed by atoms with Gasteiger partial charge in [-0.2, -0.15) is 0 Å². The van der Waals surface area contributed by atoms with Crippen molar-refractivity contribution in [3.05, 3.63) is 58.1 Å². The second kappa shape index (κ2) is 9.73. The van der Waals surface area contributed by atoms with Crippen LogP contribution < -0.4 is 15.6 Å². The number of carbonyl (C=O) groups is 1. The number of aromatic nitrogens is 4. The van der Waals surface area contributed by atoms with Gasteiger partial charge >= 0.3 is 5.97 Å². The number of aromatic amines is 1. The molecule has 1 aliphatic carbocycles. The lowest BCUT2D eigenvalue weighted by Gasteiger charge is -2.28. The van der Waals surface area contributed by atoms with Crippen LogP contribution in [-0.4, -0.2) is 75.8 Å². The van der Waals surface area contributed by atoms with Crippen LogP contribution in [0.1, 0.15) is 23.2 Å². The molecular weight excluding hydrogens is 556 g/mol. The number of carboxylic acids is 1. The summed E-state index contributed by atoms with van der Waals surface area (Å²) in [4.78, 5) is 41.9. The smallest absolute Gasteiger partial charge is 0.341 e. The van der Waals surface area contributed by atoms with Crippen molar-refractivity contribution in [3.8, 4) is 11.1 Å². The van der Waals surface area contributed by atoms with Gasteiger partial charge in [0, 0.05) is 69.0 Å². The van der Waals surface area contributed by atoms with Gasteiger partial charge < -0.3 is 29.8 Å². The van der Waals surface area contributed by atoms with Gasteiger partial charge in [0.1, 0.15) is 16.9 Å². The lowest BCUT2D eigenvalue weighted by molar-refractivity contribution is 0.0695. The Bertz CT molecular complexity index is 2040. The average Bonchev–Trinajstić information content (AvgIpc) is 3.68. The van der Waals surface area contributed by atoms with Crippen LogP contribution in [0.5, 0.6) is 0 Å². The van der Waals surface area contributed by atoms with Gasteiger partial charge in [0.05, 0.1) is 33.1 Å². The topological polar surface area (TPSA) is 119 Å². The van der Waals surface area contributed by atoms with Crippen molar-refractivity contribution in [2.75, 3.05) is 44.4 Å². The molecule has 222 valence electrons. The van der Waals surface area contributed by atoms with Crippen molar-refractivity contribution >= 4 is 50.3 Å². The summed E-state index contributed by atoms with van der Waals surface area (Å²) < 4.78 is 32.2. The summed E-state index contributed by atoms with van der Waals surface area (Å²) in [5, 5.41) is 13.3. The van der Waals surface area contributed by atoms with E-state index in [0.29, 0.717) is 69.1 Å². The lowest BCUT2D eigenvalue weighted by Crippen LogP contribution is -2.35. The lowest BCUT2D eigenvalue weighted by atomic mass is 9.97. The standard InChI is InChI=1S/C31H31F2N7O3/c1-34-21-8-20(32)25(33)23-24-27(40-11-14-5-6-22(38(2)3)18(14)13-40)17(10-35-29(24)37-26(21)23)15-7-16-28(41)19(31(42)43)12-39(4)30(16)36-9-15/h7-10,12,14,18,22,34H,5-6,11,13H2,1-4H3,(H,35,37)(H,42,43)/t14?,18-,22-/m0/s1. The van der Waals surface area contributed by atoms with Crippen molar-refractivity contribution < 1.29 is 18.7 Å². The molecule has 4 aromatic heterocycles. The zero-order chi connectivity index (χ0) is 30.3. The Morgan fingerprint density at radius 2 is 1.93 bits per heavy atom. The fraction of sp³-hybridized carbons (Fsp3) is 0.355. The summed E-state index contributed by atoms with van der Waals surface area (Å²) in [5.74, 6) is -2.44. The summed E-state index contributed by atoms with van der Waals surface area (Å²) in [6.07, 6.45) is 6.70. The molecule has 0 amide bonds. The molecule has 0 bridgehead atoms. The molecule has 2 aliphatic rings. The van der Waals surface area contributed by atoms with Gasteiger partial charge in [-0.25, -0.2) is 23.5 Å². The van der Waals surface area contributed by atoms with E-state index in [1.54, 1.807) is 32.6 Å². The molecule has 0 radical (unpaired) electrons. The Morgan fingerprint density at radius 1 is 1.14 bits per heavy atom. The van der Waals surface area contributed by atoms with Crippen LogP contribution >= 0.6 is 0 Å². The van der Waals surface area contributed by atoms with Gasteiger partial charge in [-0.1, -0.05) is 0 Å². The number of rotatable bonds is 5. The summed E-state index contributed by atoms with van der Waals surface area (Å²) in [6, 6.07) is 3.15. The number of benzene rings is 1. The van der Waals surface area contributed by atoms with E-state index >= 15 is 4.39 Å². The molecule has 2 fully saturated rings. The zero-order valence-electron chi connectivity index (χ0n) is 24.2. The van der Waals surface area contributed by atoms with E-state index in [-0.39, 0.29) is 16.3 Å². The van der Waals surface area contributed by atoms with Crippen LogP contribution in [0.15, 0.2) is 35.5 Å². The first-order valence-electron chi connectivity index (χ1n) is 14.2. The van der Waals surface area contributed by atoms with Crippen molar-refractivity contribution in [2.45, 2.75) is 18.9 Å². The number of pyridine rings is 3. The molecule has 10 nitrogen and oxygen atoms in total. The van der Waals surface area contributed by atoms with E-state index in [1.807, 2.05) is 0 Å². The number of halogens is 2. The van der Waals surface area contributed by atoms with Crippen molar-refractivity contribution in [1.29, 1.82) is 0 Å². The van der Waals surface area contributed by atoms with Gasteiger partial charge in [0.15, 0.2) is 11.6 Å². The molecule has 1 saturated heterocycles. The second-order valence-electron chi connectivity index (χ2n) is 11.9. The quantitative estimate of drug-likeness (QED) is 0.277. The zero-order valence-corrected chi connectivity index (χ0v) is 24.2. The molecule has 1 saturated carbocycles. The first kappa shape index (κ1) is 27.3. The van der Waals surface area contributed by atoms with Crippen molar-refractivity contribution in [1.82, 2.24) is 24.4 Å². The van der Waals surface area contributed by atoms with Crippen LogP contribution in [0.2, 0.25) is 0 Å². The minimum Gasteiger partial charge on any atom is -0.477 e. The summed E-state index contributed by atoms with van der Waals surface area (Å²) >= 11 is 0. The Hall–Kier alpha value is -4.58. The number of hydrogen-bond donors (Lipinski definition) is 3. The van der Waals surface area contributed by atoms with Gasteiger partial charge in [-0.05, 0) is 44.8 Å². The first-order valence-corrected chi connectivity index (χ1v) is 14.2. The Balaban J connectivity index is 1.53. The first-order chi connectivity index (χ1) is 20.6. The molecular formula is C31H31F2N7O3. The van der Waals surface area contributed by atoms with E-state index < -0.39 is 23.0 Å². The maximum atomic E-state index is 15.7. The fourth-order valence-electron chi connectivity index (χ4n) is 7.40. The normalized spacial score (nSPS) is 20.2. The Morgan fingerprint density at radius 3 is 2.65 bits per heavy atom. The van der Waals surface area contributed by atoms with E-state index in [1.165, 1.54) is 10.8 Å². The van der Waals surface area contributed by atoms with Crippen LogP contribution in [0.4, 0.5) is 20.2 Å². The number of anilines is 2. The number of hydrogen-bond acceptors (Lipinski definition) is 7. The molecule has 5 heterocycles. The minimum absolute atomic E-state index is 0.0998. The largest absolute Gasteiger partial charge is 0.477 e. The summed E-state index contributed by atoms with van der Waals surface area (Å²) in [7, 11) is 7.46. The molecule has 5 aromatic rings. The minimum atomic E-state index is -1.33. The third-order valence-electron chi connectivity index (χ3n) is 9.39. The average molecular weight is 588 g/mol.